The molecule has 0 saturated heterocycles. The average Bonchev–Trinajstić information content (AvgIpc) is 2.51. The van der Waals surface area contributed by atoms with E-state index >= 15 is 0 Å². The standard InChI is InChI=1S/C18H31N3O2/c1-6-19-17(20-11-12-23-5)21-13-16(22)14-7-9-15(10-8-14)18(2,3)4/h7-10,16,22H,6,11-13H2,1-5H3,(H2,19,20,21). The van der Waals surface area contributed by atoms with E-state index in [9.17, 15) is 5.11 Å². The molecule has 5 heteroatoms. The third-order valence-electron chi connectivity index (χ3n) is 3.53. The van der Waals surface area contributed by atoms with Gasteiger partial charge in [0.25, 0.3) is 0 Å². The summed E-state index contributed by atoms with van der Waals surface area (Å²) < 4.78 is 5.01. The van der Waals surface area contributed by atoms with E-state index in [-0.39, 0.29) is 5.41 Å². The smallest absolute Gasteiger partial charge is 0.191 e. The largest absolute Gasteiger partial charge is 0.386 e. The quantitative estimate of drug-likeness (QED) is 0.409. The van der Waals surface area contributed by atoms with Crippen LogP contribution in [0.15, 0.2) is 29.3 Å². The predicted molar refractivity (Wildman–Crippen MR) is 96.0 cm³/mol. The van der Waals surface area contributed by atoms with Gasteiger partial charge in [0.1, 0.15) is 0 Å². The molecule has 0 spiro atoms. The summed E-state index contributed by atoms with van der Waals surface area (Å²) in [4.78, 5) is 4.42. The van der Waals surface area contributed by atoms with Crippen molar-refractivity contribution in [3.8, 4) is 0 Å². The SMILES string of the molecule is CCNC(=NCC(O)c1ccc(C(C)(C)C)cc1)NCCOC. The molecule has 0 bridgehead atoms. The van der Waals surface area contributed by atoms with E-state index in [4.69, 9.17) is 4.74 Å². The van der Waals surface area contributed by atoms with Gasteiger partial charge < -0.3 is 20.5 Å². The molecule has 0 aliphatic heterocycles. The van der Waals surface area contributed by atoms with Crippen molar-refractivity contribution in [2.45, 2.75) is 39.2 Å². The summed E-state index contributed by atoms with van der Waals surface area (Å²) >= 11 is 0. The highest BCUT2D eigenvalue weighted by Gasteiger charge is 2.14. The molecule has 0 aliphatic carbocycles. The van der Waals surface area contributed by atoms with Crippen molar-refractivity contribution in [1.29, 1.82) is 0 Å². The summed E-state index contributed by atoms with van der Waals surface area (Å²) in [6.45, 7) is 10.9. The van der Waals surface area contributed by atoms with Gasteiger partial charge in [-0.25, -0.2) is 0 Å². The van der Waals surface area contributed by atoms with E-state index in [1.54, 1.807) is 7.11 Å². The molecule has 1 unspecified atom stereocenters. The number of ether oxygens (including phenoxy) is 1. The van der Waals surface area contributed by atoms with E-state index < -0.39 is 6.10 Å². The van der Waals surface area contributed by atoms with Crippen molar-refractivity contribution in [2.24, 2.45) is 4.99 Å². The molecule has 0 fully saturated rings. The minimum atomic E-state index is -0.609. The Kier molecular flexibility index (Phi) is 8.06. The third kappa shape index (κ3) is 7.01. The predicted octanol–water partition coefficient (Wildman–Crippen LogP) is 2.22. The van der Waals surface area contributed by atoms with Gasteiger partial charge in [-0.3, -0.25) is 4.99 Å². The lowest BCUT2D eigenvalue weighted by Crippen LogP contribution is -2.39. The van der Waals surface area contributed by atoms with E-state index in [1.165, 1.54) is 5.56 Å². The lowest BCUT2D eigenvalue weighted by Gasteiger charge is -2.20. The van der Waals surface area contributed by atoms with Gasteiger partial charge in [-0.05, 0) is 23.5 Å². The topological polar surface area (TPSA) is 65.9 Å². The Bertz CT molecular complexity index is 478. The first-order valence-electron chi connectivity index (χ1n) is 8.18. The molecule has 0 aromatic heterocycles. The molecule has 23 heavy (non-hydrogen) atoms. The van der Waals surface area contributed by atoms with Crippen molar-refractivity contribution in [3.63, 3.8) is 0 Å². The first kappa shape index (κ1) is 19.5. The number of benzene rings is 1. The second-order valence-corrected chi connectivity index (χ2v) is 6.53. The van der Waals surface area contributed by atoms with Crippen LogP contribution >= 0.6 is 0 Å². The molecular formula is C18H31N3O2. The van der Waals surface area contributed by atoms with Crippen LogP contribution in [0.2, 0.25) is 0 Å². The van der Waals surface area contributed by atoms with Crippen molar-refractivity contribution < 1.29 is 9.84 Å². The van der Waals surface area contributed by atoms with Crippen molar-refractivity contribution in [1.82, 2.24) is 10.6 Å². The van der Waals surface area contributed by atoms with E-state index in [0.29, 0.717) is 25.7 Å². The maximum absolute atomic E-state index is 10.3. The fourth-order valence-corrected chi connectivity index (χ4v) is 2.10. The van der Waals surface area contributed by atoms with Crippen LogP contribution in [-0.2, 0) is 10.2 Å². The van der Waals surface area contributed by atoms with Crippen LogP contribution in [0.4, 0.5) is 0 Å². The number of hydrogen-bond donors (Lipinski definition) is 3. The van der Waals surface area contributed by atoms with Crippen molar-refractivity contribution in [3.05, 3.63) is 35.4 Å². The number of nitrogens with one attached hydrogen (secondary N) is 2. The Morgan fingerprint density at radius 2 is 1.87 bits per heavy atom. The molecule has 3 N–H and O–H groups in total. The zero-order valence-electron chi connectivity index (χ0n) is 15.0. The molecule has 1 atom stereocenters. The van der Waals surface area contributed by atoms with Gasteiger partial charge in [0.15, 0.2) is 5.96 Å². The van der Waals surface area contributed by atoms with Crippen LogP contribution in [0.3, 0.4) is 0 Å². The monoisotopic (exact) mass is 321 g/mol. The Labute approximate surface area is 140 Å². The highest BCUT2D eigenvalue weighted by atomic mass is 16.5. The van der Waals surface area contributed by atoms with E-state index in [1.807, 2.05) is 19.1 Å². The fraction of sp³-hybridized carbons (Fsp3) is 0.611. The normalized spacial score (nSPS) is 13.7. The van der Waals surface area contributed by atoms with Gasteiger partial charge >= 0.3 is 0 Å². The number of hydrogen-bond acceptors (Lipinski definition) is 3. The second kappa shape index (κ2) is 9.53. The van der Waals surface area contributed by atoms with E-state index in [0.717, 1.165) is 12.1 Å². The van der Waals surface area contributed by atoms with Gasteiger partial charge in [-0.2, -0.15) is 0 Å². The van der Waals surface area contributed by atoms with Crippen LogP contribution in [-0.4, -0.2) is 44.4 Å². The van der Waals surface area contributed by atoms with Crippen LogP contribution in [0.5, 0.6) is 0 Å². The van der Waals surface area contributed by atoms with Gasteiger partial charge in [0.05, 0.1) is 19.3 Å². The third-order valence-corrected chi connectivity index (χ3v) is 3.53. The lowest BCUT2D eigenvalue weighted by molar-refractivity contribution is 0.187. The zero-order valence-corrected chi connectivity index (χ0v) is 15.0. The van der Waals surface area contributed by atoms with Crippen LogP contribution < -0.4 is 10.6 Å². The molecule has 0 saturated carbocycles. The molecule has 0 heterocycles. The number of rotatable bonds is 7. The number of aliphatic hydroxyl groups excluding tert-OH is 1. The number of guanidine groups is 1. The number of nitrogens with zero attached hydrogens (tertiary/aromatic N) is 1. The number of aliphatic hydroxyl groups is 1. The summed E-state index contributed by atoms with van der Waals surface area (Å²) in [6.07, 6.45) is -0.609. The molecule has 0 amide bonds. The lowest BCUT2D eigenvalue weighted by atomic mass is 9.86. The highest BCUT2D eigenvalue weighted by molar-refractivity contribution is 5.79. The average molecular weight is 321 g/mol. The summed E-state index contributed by atoms with van der Waals surface area (Å²) in [7, 11) is 1.66. The second-order valence-electron chi connectivity index (χ2n) is 6.53. The van der Waals surface area contributed by atoms with Crippen molar-refractivity contribution in [2.75, 3.05) is 33.4 Å². The Morgan fingerprint density at radius 3 is 2.39 bits per heavy atom. The van der Waals surface area contributed by atoms with Crippen molar-refractivity contribution >= 4 is 5.96 Å². The molecular weight excluding hydrogens is 290 g/mol. The Balaban J connectivity index is 2.65. The summed E-state index contributed by atoms with van der Waals surface area (Å²) in [5.41, 5.74) is 2.26. The molecule has 0 radical (unpaired) electrons. The molecule has 1 rings (SSSR count). The van der Waals surface area contributed by atoms with Gasteiger partial charge in [0.2, 0.25) is 0 Å². The number of methoxy groups -OCH3 is 1. The number of aliphatic imine (C=N–C) groups is 1. The molecule has 130 valence electrons. The molecule has 1 aromatic carbocycles. The Morgan fingerprint density at radius 1 is 1.22 bits per heavy atom. The van der Waals surface area contributed by atoms with Gasteiger partial charge in [-0.1, -0.05) is 45.0 Å². The van der Waals surface area contributed by atoms with Crippen LogP contribution in [0.1, 0.15) is 44.9 Å². The van der Waals surface area contributed by atoms with Crippen LogP contribution in [0.25, 0.3) is 0 Å². The Hall–Kier alpha value is -1.59. The molecule has 1 aromatic rings. The maximum Gasteiger partial charge on any atom is 0.191 e. The first-order valence-corrected chi connectivity index (χ1v) is 8.18. The molecule has 5 nitrogen and oxygen atoms in total. The summed E-state index contributed by atoms with van der Waals surface area (Å²) in [5, 5.41) is 16.6. The minimum absolute atomic E-state index is 0.116. The highest BCUT2D eigenvalue weighted by Crippen LogP contribution is 2.24. The van der Waals surface area contributed by atoms with Gasteiger partial charge in [0, 0.05) is 20.2 Å². The fourth-order valence-electron chi connectivity index (χ4n) is 2.10. The molecule has 0 aliphatic rings. The summed E-state index contributed by atoms with van der Waals surface area (Å²) in [6, 6.07) is 8.10. The first-order chi connectivity index (χ1) is 10.9. The minimum Gasteiger partial charge on any atom is -0.386 e. The zero-order chi connectivity index (χ0) is 17.3. The maximum atomic E-state index is 10.3. The summed E-state index contributed by atoms with van der Waals surface area (Å²) in [5.74, 6) is 0.690. The van der Waals surface area contributed by atoms with Crippen LogP contribution in [0, 0.1) is 0 Å². The van der Waals surface area contributed by atoms with E-state index in [2.05, 4.69) is 48.5 Å². The van der Waals surface area contributed by atoms with Gasteiger partial charge in [-0.15, -0.1) is 0 Å².